The van der Waals surface area contributed by atoms with Crippen LogP contribution < -0.4 is 10.1 Å². The fourth-order valence-corrected chi connectivity index (χ4v) is 1.40. The topological polar surface area (TPSA) is 79.9 Å². The van der Waals surface area contributed by atoms with Gasteiger partial charge in [-0.05, 0) is 18.2 Å². The molecule has 1 aromatic carbocycles. The zero-order chi connectivity index (χ0) is 13.1. The minimum absolute atomic E-state index is 0.0613. The highest BCUT2D eigenvalue weighted by Crippen LogP contribution is 2.15. The lowest BCUT2D eigenvalue weighted by Crippen LogP contribution is -2.14. The van der Waals surface area contributed by atoms with Gasteiger partial charge >= 0.3 is 6.01 Å². The molecule has 0 aliphatic carbocycles. The van der Waals surface area contributed by atoms with E-state index in [-0.39, 0.29) is 22.5 Å². The summed E-state index contributed by atoms with van der Waals surface area (Å²) in [5.74, 6) is -1.32. The molecule has 0 aliphatic heterocycles. The number of rotatable bonds is 3. The molecule has 0 saturated heterocycles. The predicted molar refractivity (Wildman–Crippen MR) is 62.3 cm³/mol. The predicted octanol–water partition coefficient (Wildman–Crippen LogP) is 1.86. The maximum Gasteiger partial charge on any atom is 0.336 e. The summed E-state index contributed by atoms with van der Waals surface area (Å²) in [5, 5.41) is 8.61. The van der Waals surface area contributed by atoms with Crippen molar-refractivity contribution in [1.29, 1.82) is 0 Å². The lowest BCUT2D eigenvalue weighted by Gasteiger charge is -2.02. The molecule has 1 heterocycles. The largest absolute Gasteiger partial charge is 0.466 e. The first-order valence-electron chi connectivity index (χ1n) is 4.83. The second-order valence-electron chi connectivity index (χ2n) is 3.25. The second kappa shape index (κ2) is 5.01. The number of anilines is 1. The third-order valence-corrected chi connectivity index (χ3v) is 2.29. The standard InChI is InChI=1S/C10H8ClFN4O2/c1-18-10-14-9(15-16-10)13-8(17)6-3-2-5(11)4-7(6)12/h2-4H,1H3,(H2,13,14,15,16,17). The highest BCUT2D eigenvalue weighted by atomic mass is 35.5. The number of nitrogens with one attached hydrogen (secondary N) is 2. The van der Waals surface area contributed by atoms with Crippen LogP contribution in [-0.4, -0.2) is 28.2 Å². The number of halogens is 2. The lowest BCUT2D eigenvalue weighted by molar-refractivity contribution is 0.102. The smallest absolute Gasteiger partial charge is 0.336 e. The molecule has 0 aliphatic rings. The van der Waals surface area contributed by atoms with Crippen molar-refractivity contribution in [3.8, 4) is 6.01 Å². The Bertz CT molecular complexity index is 587. The molecule has 0 atom stereocenters. The SMILES string of the molecule is COc1n[nH]c(NC(=O)c2ccc(Cl)cc2F)n1. The molecule has 0 unspecified atom stereocenters. The van der Waals surface area contributed by atoms with Crippen molar-refractivity contribution < 1.29 is 13.9 Å². The summed E-state index contributed by atoms with van der Waals surface area (Å²) in [6.07, 6.45) is 0. The summed E-state index contributed by atoms with van der Waals surface area (Å²) < 4.78 is 18.2. The number of amides is 1. The molecule has 1 aromatic heterocycles. The van der Waals surface area contributed by atoms with Gasteiger partial charge in [0.15, 0.2) is 0 Å². The molecule has 2 rings (SSSR count). The molecule has 0 bridgehead atoms. The van der Waals surface area contributed by atoms with Gasteiger partial charge < -0.3 is 4.74 Å². The number of carbonyl (C=O) groups is 1. The van der Waals surface area contributed by atoms with Crippen LogP contribution >= 0.6 is 11.6 Å². The van der Waals surface area contributed by atoms with Crippen molar-refractivity contribution in [1.82, 2.24) is 15.2 Å². The van der Waals surface area contributed by atoms with Crippen LogP contribution in [0.2, 0.25) is 5.02 Å². The summed E-state index contributed by atoms with van der Waals surface area (Å²) >= 11 is 5.59. The summed E-state index contributed by atoms with van der Waals surface area (Å²) in [6, 6.07) is 3.82. The first kappa shape index (κ1) is 12.3. The van der Waals surface area contributed by atoms with Gasteiger partial charge in [-0.1, -0.05) is 11.6 Å². The molecule has 0 spiro atoms. The third-order valence-electron chi connectivity index (χ3n) is 2.06. The van der Waals surface area contributed by atoms with Gasteiger partial charge in [-0.15, -0.1) is 5.10 Å². The van der Waals surface area contributed by atoms with E-state index < -0.39 is 11.7 Å². The number of benzene rings is 1. The van der Waals surface area contributed by atoms with E-state index in [1.165, 1.54) is 19.2 Å². The van der Waals surface area contributed by atoms with Gasteiger partial charge in [0.2, 0.25) is 5.95 Å². The monoisotopic (exact) mass is 270 g/mol. The van der Waals surface area contributed by atoms with Crippen molar-refractivity contribution in [2.24, 2.45) is 0 Å². The summed E-state index contributed by atoms with van der Waals surface area (Å²) in [4.78, 5) is 15.5. The zero-order valence-corrected chi connectivity index (χ0v) is 9.95. The number of aromatic amines is 1. The number of hydrogen-bond donors (Lipinski definition) is 2. The molecule has 2 aromatic rings. The van der Waals surface area contributed by atoms with Crippen molar-refractivity contribution in [3.63, 3.8) is 0 Å². The molecule has 18 heavy (non-hydrogen) atoms. The molecule has 2 N–H and O–H groups in total. The van der Waals surface area contributed by atoms with Crippen LogP contribution in [0.15, 0.2) is 18.2 Å². The van der Waals surface area contributed by atoms with Crippen LogP contribution in [0.3, 0.4) is 0 Å². The van der Waals surface area contributed by atoms with Gasteiger partial charge in [0, 0.05) is 5.02 Å². The number of methoxy groups -OCH3 is 1. The van der Waals surface area contributed by atoms with E-state index in [0.29, 0.717) is 0 Å². The van der Waals surface area contributed by atoms with E-state index in [4.69, 9.17) is 16.3 Å². The van der Waals surface area contributed by atoms with Crippen LogP contribution in [0, 0.1) is 5.82 Å². The third kappa shape index (κ3) is 2.57. The maximum atomic E-state index is 13.5. The fraction of sp³-hybridized carbons (Fsp3) is 0.100. The van der Waals surface area contributed by atoms with Crippen LogP contribution in [0.5, 0.6) is 6.01 Å². The molecular formula is C10H8ClFN4O2. The van der Waals surface area contributed by atoms with Gasteiger partial charge in [-0.25, -0.2) is 9.49 Å². The van der Waals surface area contributed by atoms with Crippen molar-refractivity contribution in [3.05, 3.63) is 34.6 Å². The van der Waals surface area contributed by atoms with Crippen LogP contribution in [0.4, 0.5) is 10.3 Å². The van der Waals surface area contributed by atoms with Crippen LogP contribution in [-0.2, 0) is 0 Å². The molecule has 8 heteroatoms. The molecule has 1 amide bonds. The van der Waals surface area contributed by atoms with Gasteiger partial charge in [0.25, 0.3) is 5.91 Å². The average molecular weight is 271 g/mol. The minimum Gasteiger partial charge on any atom is -0.466 e. The number of aromatic nitrogens is 3. The molecule has 0 fully saturated rings. The number of carbonyl (C=O) groups excluding carboxylic acids is 1. The van der Waals surface area contributed by atoms with Crippen LogP contribution in [0.1, 0.15) is 10.4 Å². The Morgan fingerprint density at radius 2 is 2.33 bits per heavy atom. The summed E-state index contributed by atoms with van der Waals surface area (Å²) in [7, 11) is 1.38. The Labute approximate surface area is 106 Å². The number of H-pyrrole nitrogens is 1. The molecule has 0 saturated carbocycles. The first-order chi connectivity index (χ1) is 8.60. The quantitative estimate of drug-likeness (QED) is 0.892. The maximum absolute atomic E-state index is 13.5. The first-order valence-corrected chi connectivity index (χ1v) is 5.20. The molecule has 94 valence electrons. The van der Waals surface area contributed by atoms with Crippen molar-refractivity contribution in [2.75, 3.05) is 12.4 Å². The van der Waals surface area contributed by atoms with Crippen molar-refractivity contribution >= 4 is 23.5 Å². The molecular weight excluding hydrogens is 263 g/mol. The van der Waals surface area contributed by atoms with E-state index in [1.807, 2.05) is 0 Å². The van der Waals surface area contributed by atoms with Gasteiger partial charge in [0.05, 0.1) is 12.7 Å². The zero-order valence-electron chi connectivity index (χ0n) is 9.20. The van der Waals surface area contributed by atoms with E-state index in [9.17, 15) is 9.18 Å². The Morgan fingerprint density at radius 1 is 1.56 bits per heavy atom. The fourth-order valence-electron chi connectivity index (χ4n) is 1.24. The minimum atomic E-state index is -0.716. The van der Waals surface area contributed by atoms with Gasteiger partial charge in [-0.3, -0.25) is 10.1 Å². The highest BCUT2D eigenvalue weighted by molar-refractivity contribution is 6.30. The number of nitrogens with zero attached hydrogens (tertiary/aromatic N) is 2. The molecule has 6 nitrogen and oxygen atoms in total. The Morgan fingerprint density at radius 3 is 2.94 bits per heavy atom. The highest BCUT2D eigenvalue weighted by Gasteiger charge is 2.14. The average Bonchev–Trinajstić information content (AvgIpc) is 2.76. The van der Waals surface area contributed by atoms with Gasteiger partial charge in [0.1, 0.15) is 5.82 Å². The van der Waals surface area contributed by atoms with Crippen LogP contribution in [0.25, 0.3) is 0 Å². The van der Waals surface area contributed by atoms with E-state index in [0.717, 1.165) is 6.07 Å². The van der Waals surface area contributed by atoms with E-state index >= 15 is 0 Å². The molecule has 0 radical (unpaired) electrons. The lowest BCUT2D eigenvalue weighted by atomic mass is 10.2. The Kier molecular flexibility index (Phi) is 3.42. The number of ether oxygens (including phenoxy) is 1. The Hall–Kier alpha value is -2.15. The second-order valence-corrected chi connectivity index (χ2v) is 3.69. The van der Waals surface area contributed by atoms with Gasteiger partial charge in [-0.2, -0.15) is 4.98 Å². The summed E-state index contributed by atoms with van der Waals surface area (Å²) in [6.45, 7) is 0. The summed E-state index contributed by atoms with van der Waals surface area (Å²) in [5.41, 5.74) is -0.144. The van der Waals surface area contributed by atoms with E-state index in [2.05, 4.69) is 20.5 Å². The Balaban J connectivity index is 2.16. The van der Waals surface area contributed by atoms with Crippen molar-refractivity contribution in [2.45, 2.75) is 0 Å². The number of hydrogen-bond acceptors (Lipinski definition) is 4. The van der Waals surface area contributed by atoms with E-state index in [1.54, 1.807) is 0 Å². The normalized spacial score (nSPS) is 10.2.